The first-order chi connectivity index (χ1) is 9.60. The molecule has 20 heavy (non-hydrogen) atoms. The molecule has 108 valence electrons. The van der Waals surface area contributed by atoms with E-state index in [2.05, 4.69) is 37.9 Å². The maximum absolute atomic E-state index is 9.96. The van der Waals surface area contributed by atoms with Gasteiger partial charge in [0.1, 0.15) is 0 Å². The molecule has 0 unspecified atom stereocenters. The number of nitrogens with zero attached hydrogens (tertiary/aromatic N) is 1. The third-order valence-corrected chi connectivity index (χ3v) is 5.56. The maximum atomic E-state index is 9.96. The molecule has 1 aromatic heterocycles. The van der Waals surface area contributed by atoms with Crippen molar-refractivity contribution in [1.82, 2.24) is 4.98 Å². The summed E-state index contributed by atoms with van der Waals surface area (Å²) in [6.07, 6.45) is 6.07. The number of rotatable bonds is 2. The van der Waals surface area contributed by atoms with Crippen LogP contribution in [0.25, 0.3) is 0 Å². The van der Waals surface area contributed by atoms with Gasteiger partial charge in [-0.15, -0.1) is 0 Å². The molecule has 1 aromatic rings. The SMILES string of the molecule is CC1=C[C@H](C)[C@@]2(CO)CO[C@H](c3cccnc3)[C@@H]1[C@@H]2C. The number of ether oxygens (including phenoxy) is 1. The van der Waals surface area contributed by atoms with Crippen molar-refractivity contribution in [2.45, 2.75) is 26.9 Å². The number of hydrogen-bond acceptors (Lipinski definition) is 3. The zero-order valence-electron chi connectivity index (χ0n) is 12.4. The second-order valence-corrected chi connectivity index (χ2v) is 6.42. The number of aliphatic hydroxyl groups excluding tert-OH is 1. The van der Waals surface area contributed by atoms with Crippen LogP contribution in [-0.4, -0.2) is 23.3 Å². The van der Waals surface area contributed by atoms with Crippen LogP contribution in [0.15, 0.2) is 36.2 Å². The predicted octanol–water partition coefficient (Wildman–Crippen LogP) is 2.98. The van der Waals surface area contributed by atoms with Gasteiger partial charge in [-0.05, 0) is 30.4 Å². The molecular weight excluding hydrogens is 250 g/mol. The van der Waals surface area contributed by atoms with Crippen LogP contribution in [0.3, 0.4) is 0 Å². The van der Waals surface area contributed by atoms with Crippen molar-refractivity contribution in [3.8, 4) is 0 Å². The summed E-state index contributed by atoms with van der Waals surface area (Å²) >= 11 is 0. The van der Waals surface area contributed by atoms with Gasteiger partial charge in [0, 0.05) is 23.7 Å². The van der Waals surface area contributed by atoms with Crippen LogP contribution < -0.4 is 0 Å². The van der Waals surface area contributed by atoms with Crippen LogP contribution in [-0.2, 0) is 4.74 Å². The van der Waals surface area contributed by atoms with E-state index in [1.807, 2.05) is 12.3 Å². The van der Waals surface area contributed by atoms with Gasteiger partial charge in [-0.2, -0.15) is 0 Å². The summed E-state index contributed by atoms with van der Waals surface area (Å²) in [5.74, 6) is 1.09. The number of aliphatic hydroxyl groups is 1. The third kappa shape index (κ3) is 1.84. The van der Waals surface area contributed by atoms with Gasteiger partial charge in [-0.25, -0.2) is 0 Å². The highest BCUT2D eigenvalue weighted by Crippen LogP contribution is 2.55. The zero-order valence-corrected chi connectivity index (χ0v) is 12.4. The average molecular weight is 273 g/mol. The van der Waals surface area contributed by atoms with Gasteiger partial charge < -0.3 is 9.84 Å². The van der Waals surface area contributed by atoms with Crippen LogP contribution in [0, 0.1) is 23.2 Å². The normalized spacial score (nSPS) is 40.3. The van der Waals surface area contributed by atoms with E-state index in [1.165, 1.54) is 5.57 Å². The Bertz CT molecular complexity index is 513. The summed E-state index contributed by atoms with van der Waals surface area (Å²) in [4.78, 5) is 4.22. The fraction of sp³-hybridized carbons (Fsp3) is 0.588. The molecule has 1 aliphatic carbocycles. The van der Waals surface area contributed by atoms with Crippen LogP contribution in [0.1, 0.15) is 32.4 Å². The molecule has 0 aromatic carbocycles. The molecule has 5 atom stereocenters. The van der Waals surface area contributed by atoms with E-state index in [-0.39, 0.29) is 18.1 Å². The second kappa shape index (κ2) is 4.97. The van der Waals surface area contributed by atoms with Crippen molar-refractivity contribution in [3.63, 3.8) is 0 Å². The van der Waals surface area contributed by atoms with E-state index in [0.717, 1.165) is 5.56 Å². The summed E-state index contributed by atoms with van der Waals surface area (Å²) in [6, 6.07) is 4.05. The molecule has 1 fully saturated rings. The Morgan fingerprint density at radius 3 is 2.90 bits per heavy atom. The molecule has 1 saturated heterocycles. The van der Waals surface area contributed by atoms with E-state index in [0.29, 0.717) is 24.4 Å². The Labute approximate surface area is 120 Å². The highest BCUT2D eigenvalue weighted by molar-refractivity contribution is 5.26. The summed E-state index contributed by atoms with van der Waals surface area (Å²) in [5.41, 5.74) is 2.38. The standard InChI is InChI=1S/C17H23NO2/c1-11-7-12(2)17(9-19)10-20-16(15(11)13(17)3)14-5-4-6-18-8-14/h4-8,12-13,15-16,19H,9-10H2,1-3H3/t12-,13-,15-,16+,17+/m0/s1. The molecule has 1 N–H and O–H groups in total. The zero-order chi connectivity index (χ0) is 14.3. The molecule has 3 rings (SSSR count). The van der Waals surface area contributed by atoms with Gasteiger partial charge in [0.2, 0.25) is 0 Å². The van der Waals surface area contributed by atoms with E-state index in [1.54, 1.807) is 6.20 Å². The number of aromatic nitrogens is 1. The minimum atomic E-state index is -0.136. The Kier molecular flexibility index (Phi) is 3.43. The molecule has 3 nitrogen and oxygen atoms in total. The average Bonchev–Trinajstić information content (AvgIpc) is 2.46. The van der Waals surface area contributed by atoms with Crippen molar-refractivity contribution < 1.29 is 9.84 Å². The first kappa shape index (κ1) is 13.8. The number of hydrogen-bond donors (Lipinski definition) is 1. The Hall–Kier alpha value is -1.19. The van der Waals surface area contributed by atoms with Crippen LogP contribution in [0.2, 0.25) is 0 Å². The molecular formula is C17H23NO2. The second-order valence-electron chi connectivity index (χ2n) is 6.42. The fourth-order valence-corrected chi connectivity index (χ4v) is 4.13. The van der Waals surface area contributed by atoms with Gasteiger partial charge >= 0.3 is 0 Å². The lowest BCUT2D eigenvalue weighted by molar-refractivity contribution is -0.165. The monoisotopic (exact) mass is 273 g/mol. The van der Waals surface area contributed by atoms with E-state index >= 15 is 0 Å². The van der Waals surface area contributed by atoms with E-state index in [9.17, 15) is 5.11 Å². The lowest BCUT2D eigenvalue weighted by atomic mass is 9.56. The first-order valence-electron chi connectivity index (χ1n) is 7.41. The van der Waals surface area contributed by atoms with Crippen LogP contribution >= 0.6 is 0 Å². The minimum absolute atomic E-state index is 0.0575. The summed E-state index contributed by atoms with van der Waals surface area (Å²) in [7, 11) is 0. The van der Waals surface area contributed by atoms with Crippen molar-refractivity contribution >= 4 is 0 Å². The quantitative estimate of drug-likeness (QED) is 0.842. The Balaban J connectivity index is 2.02. The van der Waals surface area contributed by atoms with Crippen molar-refractivity contribution in [1.29, 1.82) is 0 Å². The van der Waals surface area contributed by atoms with E-state index in [4.69, 9.17) is 4.74 Å². The topological polar surface area (TPSA) is 42.4 Å². The van der Waals surface area contributed by atoms with Crippen molar-refractivity contribution in [3.05, 3.63) is 41.7 Å². The van der Waals surface area contributed by atoms with E-state index < -0.39 is 0 Å². The molecule has 0 radical (unpaired) electrons. The predicted molar refractivity (Wildman–Crippen MR) is 78.0 cm³/mol. The molecule has 2 aliphatic rings. The largest absolute Gasteiger partial charge is 0.396 e. The third-order valence-electron chi connectivity index (χ3n) is 5.56. The first-order valence-corrected chi connectivity index (χ1v) is 7.41. The number of fused-ring (bicyclic) bond motifs is 2. The van der Waals surface area contributed by atoms with Gasteiger partial charge in [0.05, 0.1) is 19.3 Å². The molecule has 0 spiro atoms. The Morgan fingerprint density at radius 2 is 2.25 bits per heavy atom. The number of pyridine rings is 1. The molecule has 0 saturated carbocycles. The van der Waals surface area contributed by atoms with Crippen molar-refractivity contribution in [2.24, 2.45) is 23.2 Å². The summed E-state index contributed by atoms with van der Waals surface area (Å²) in [6.45, 7) is 7.46. The van der Waals surface area contributed by atoms with Crippen molar-refractivity contribution in [2.75, 3.05) is 13.2 Å². The lowest BCUT2D eigenvalue weighted by Crippen LogP contribution is -2.53. The fourth-order valence-electron chi connectivity index (χ4n) is 4.13. The van der Waals surface area contributed by atoms with Gasteiger partial charge in [0.25, 0.3) is 0 Å². The van der Waals surface area contributed by atoms with Gasteiger partial charge in [0.15, 0.2) is 0 Å². The smallest absolute Gasteiger partial charge is 0.0907 e. The Morgan fingerprint density at radius 1 is 1.45 bits per heavy atom. The highest BCUT2D eigenvalue weighted by Gasteiger charge is 2.53. The van der Waals surface area contributed by atoms with Gasteiger partial charge in [-0.1, -0.05) is 31.6 Å². The highest BCUT2D eigenvalue weighted by atomic mass is 16.5. The molecule has 2 bridgehead atoms. The molecule has 1 aliphatic heterocycles. The van der Waals surface area contributed by atoms with Crippen LogP contribution in [0.4, 0.5) is 0 Å². The number of allylic oxidation sites excluding steroid dienone is 1. The van der Waals surface area contributed by atoms with Crippen LogP contribution in [0.5, 0.6) is 0 Å². The van der Waals surface area contributed by atoms with Gasteiger partial charge in [-0.3, -0.25) is 4.98 Å². The molecule has 0 amide bonds. The molecule has 2 heterocycles. The minimum Gasteiger partial charge on any atom is -0.396 e. The molecule has 3 heteroatoms. The summed E-state index contributed by atoms with van der Waals surface area (Å²) < 4.78 is 6.20. The maximum Gasteiger partial charge on any atom is 0.0907 e. The summed E-state index contributed by atoms with van der Waals surface area (Å²) in [5, 5.41) is 9.96. The lowest BCUT2D eigenvalue weighted by Gasteiger charge is -2.55.